The molecular weight excluding hydrogens is 471 g/mol. The van der Waals surface area contributed by atoms with E-state index in [2.05, 4.69) is 25.5 Å². The first-order chi connectivity index (χ1) is 18.2. The van der Waals surface area contributed by atoms with Crippen LogP contribution in [0.1, 0.15) is 10.4 Å². The highest BCUT2D eigenvalue weighted by atomic mass is 19.1. The Morgan fingerprint density at radius 1 is 0.973 bits per heavy atom. The van der Waals surface area contributed by atoms with Crippen LogP contribution in [0.3, 0.4) is 0 Å². The van der Waals surface area contributed by atoms with Crippen LogP contribution < -0.4 is 15.5 Å². The summed E-state index contributed by atoms with van der Waals surface area (Å²) < 4.78 is 15.6. The normalized spacial score (nSPS) is 13.6. The maximum absolute atomic E-state index is 13.7. The lowest BCUT2D eigenvalue weighted by Crippen LogP contribution is -2.43. The summed E-state index contributed by atoms with van der Waals surface area (Å²) in [6, 6.07) is 17.1. The molecular formula is C27H23FN8O. The molecule has 10 heteroatoms. The third kappa shape index (κ3) is 4.62. The smallest absolute Gasteiger partial charge is 0.258 e. The number of piperazine rings is 1. The minimum atomic E-state index is -0.324. The van der Waals surface area contributed by atoms with E-state index in [1.807, 2.05) is 22.8 Å². The molecule has 5 heterocycles. The minimum absolute atomic E-state index is 0.314. The second-order valence-electron chi connectivity index (χ2n) is 8.62. The molecule has 184 valence electrons. The van der Waals surface area contributed by atoms with Gasteiger partial charge in [-0.3, -0.25) is 14.3 Å². The first kappa shape index (κ1) is 22.7. The summed E-state index contributed by atoms with van der Waals surface area (Å²) >= 11 is 0. The van der Waals surface area contributed by atoms with Crippen molar-refractivity contribution in [3.63, 3.8) is 0 Å². The van der Waals surface area contributed by atoms with E-state index in [9.17, 15) is 9.18 Å². The SMILES string of the molecule is O=C(Nc1cc(-n2c(-c3ccc(F)cc3)nc3ccc(N4CCNCC4)nc32)ccn1)c1cccnc1. The summed E-state index contributed by atoms with van der Waals surface area (Å²) in [5.74, 6) is 1.20. The van der Waals surface area contributed by atoms with Gasteiger partial charge in [-0.25, -0.2) is 19.3 Å². The van der Waals surface area contributed by atoms with Gasteiger partial charge in [0.25, 0.3) is 5.91 Å². The standard InChI is InChI=1S/C27H23FN8O/c28-20-5-3-18(4-6-20)25-32-22-7-8-24(35-14-12-29-13-15-35)34-26(22)36(25)21-9-11-31-23(16-21)33-27(37)19-2-1-10-30-17-19/h1-11,16-17,29H,12-15H2,(H,31,33,37). The second-order valence-corrected chi connectivity index (χ2v) is 8.62. The molecule has 1 aromatic carbocycles. The number of rotatable bonds is 5. The topological polar surface area (TPSA) is 101 Å². The third-order valence-electron chi connectivity index (χ3n) is 6.20. The molecule has 0 bridgehead atoms. The van der Waals surface area contributed by atoms with Gasteiger partial charge in [-0.1, -0.05) is 0 Å². The molecule has 1 fully saturated rings. The Morgan fingerprint density at radius 3 is 2.59 bits per heavy atom. The molecule has 1 aliphatic heterocycles. The number of hydrogen-bond acceptors (Lipinski definition) is 7. The average Bonchev–Trinajstić information content (AvgIpc) is 3.33. The number of benzene rings is 1. The van der Waals surface area contributed by atoms with Gasteiger partial charge in [0.15, 0.2) is 5.65 Å². The van der Waals surface area contributed by atoms with E-state index in [1.165, 1.54) is 18.3 Å². The zero-order valence-electron chi connectivity index (χ0n) is 19.8. The summed E-state index contributed by atoms with van der Waals surface area (Å²) in [6.45, 7) is 3.50. The zero-order chi connectivity index (χ0) is 25.2. The van der Waals surface area contributed by atoms with Crippen LogP contribution in [0.25, 0.3) is 28.2 Å². The van der Waals surface area contributed by atoms with Gasteiger partial charge in [0, 0.05) is 56.4 Å². The molecule has 4 aromatic heterocycles. The van der Waals surface area contributed by atoms with Gasteiger partial charge in [0.1, 0.15) is 28.8 Å². The summed E-state index contributed by atoms with van der Waals surface area (Å²) in [7, 11) is 0. The van der Waals surface area contributed by atoms with Gasteiger partial charge in [0.05, 0.1) is 11.3 Å². The number of imidazole rings is 1. The van der Waals surface area contributed by atoms with E-state index in [0.717, 1.165) is 37.6 Å². The summed E-state index contributed by atoms with van der Waals surface area (Å²) in [6.07, 6.45) is 4.73. The Morgan fingerprint density at radius 2 is 1.81 bits per heavy atom. The van der Waals surface area contributed by atoms with Gasteiger partial charge in [-0.05, 0) is 54.6 Å². The van der Waals surface area contributed by atoms with Crippen LogP contribution in [0.4, 0.5) is 16.0 Å². The number of carbonyl (C=O) groups is 1. The lowest BCUT2D eigenvalue weighted by Gasteiger charge is -2.28. The number of halogens is 1. The number of anilines is 2. The van der Waals surface area contributed by atoms with Crippen LogP contribution in [-0.4, -0.2) is 56.6 Å². The van der Waals surface area contributed by atoms with E-state index in [-0.39, 0.29) is 11.7 Å². The van der Waals surface area contributed by atoms with Crippen molar-refractivity contribution in [2.45, 2.75) is 0 Å². The van der Waals surface area contributed by atoms with Crippen molar-refractivity contribution in [1.29, 1.82) is 0 Å². The first-order valence-corrected chi connectivity index (χ1v) is 11.9. The maximum Gasteiger partial charge on any atom is 0.258 e. The summed E-state index contributed by atoms with van der Waals surface area (Å²) in [5.41, 5.74) is 3.24. The highest BCUT2D eigenvalue weighted by molar-refractivity contribution is 6.03. The van der Waals surface area contributed by atoms with Crippen LogP contribution in [0.5, 0.6) is 0 Å². The Labute approximate surface area is 212 Å². The summed E-state index contributed by atoms with van der Waals surface area (Å²) in [5, 5.41) is 6.19. The Bertz CT molecular complexity index is 1560. The molecule has 0 aliphatic carbocycles. The van der Waals surface area contributed by atoms with E-state index in [4.69, 9.17) is 9.97 Å². The Hall–Kier alpha value is -4.70. The number of nitrogens with zero attached hydrogens (tertiary/aromatic N) is 6. The van der Waals surface area contributed by atoms with Crippen LogP contribution in [0.15, 0.2) is 79.3 Å². The van der Waals surface area contributed by atoms with Gasteiger partial charge in [-0.2, -0.15) is 0 Å². The van der Waals surface area contributed by atoms with E-state index in [1.54, 1.807) is 42.7 Å². The largest absolute Gasteiger partial charge is 0.354 e. The fourth-order valence-electron chi connectivity index (χ4n) is 4.37. The van der Waals surface area contributed by atoms with E-state index in [0.29, 0.717) is 34.1 Å². The number of hydrogen-bond donors (Lipinski definition) is 2. The third-order valence-corrected chi connectivity index (χ3v) is 6.20. The van der Waals surface area contributed by atoms with Gasteiger partial charge in [0.2, 0.25) is 0 Å². The highest BCUT2D eigenvalue weighted by Crippen LogP contribution is 2.30. The van der Waals surface area contributed by atoms with Gasteiger partial charge in [-0.15, -0.1) is 0 Å². The predicted octanol–water partition coefficient (Wildman–Crippen LogP) is 3.68. The van der Waals surface area contributed by atoms with Crippen molar-refractivity contribution in [3.8, 4) is 17.1 Å². The molecule has 37 heavy (non-hydrogen) atoms. The first-order valence-electron chi connectivity index (χ1n) is 11.9. The fourth-order valence-corrected chi connectivity index (χ4v) is 4.37. The minimum Gasteiger partial charge on any atom is -0.354 e. The molecule has 0 radical (unpaired) electrons. The Kier molecular flexibility index (Phi) is 5.99. The quantitative estimate of drug-likeness (QED) is 0.384. The molecule has 0 unspecified atom stereocenters. The number of carbonyl (C=O) groups excluding carboxylic acids is 1. The number of amides is 1. The lowest BCUT2D eigenvalue weighted by atomic mass is 10.2. The molecule has 1 saturated heterocycles. The van der Waals surface area contributed by atoms with Gasteiger partial charge < -0.3 is 15.5 Å². The number of fused-ring (bicyclic) bond motifs is 1. The number of nitrogens with one attached hydrogen (secondary N) is 2. The summed E-state index contributed by atoms with van der Waals surface area (Å²) in [4.78, 5) is 33.1. The highest BCUT2D eigenvalue weighted by Gasteiger charge is 2.19. The van der Waals surface area contributed by atoms with Crippen LogP contribution >= 0.6 is 0 Å². The number of aromatic nitrogens is 5. The Balaban J connectivity index is 1.46. The molecule has 0 saturated carbocycles. The predicted molar refractivity (Wildman–Crippen MR) is 139 cm³/mol. The average molecular weight is 495 g/mol. The van der Waals surface area contributed by atoms with Crippen LogP contribution in [0, 0.1) is 5.82 Å². The maximum atomic E-state index is 13.7. The zero-order valence-corrected chi connectivity index (χ0v) is 19.8. The molecule has 5 aromatic rings. The molecule has 0 atom stereocenters. The molecule has 6 rings (SSSR count). The van der Waals surface area contributed by atoms with Crippen LogP contribution in [-0.2, 0) is 0 Å². The van der Waals surface area contributed by atoms with E-state index < -0.39 is 0 Å². The second kappa shape index (κ2) is 9.75. The van der Waals surface area contributed by atoms with Crippen molar-refractivity contribution in [3.05, 3.63) is 90.6 Å². The molecule has 0 spiro atoms. The molecule has 9 nitrogen and oxygen atoms in total. The van der Waals surface area contributed by atoms with Gasteiger partial charge >= 0.3 is 0 Å². The van der Waals surface area contributed by atoms with Crippen molar-refractivity contribution >= 4 is 28.7 Å². The van der Waals surface area contributed by atoms with E-state index >= 15 is 0 Å². The lowest BCUT2D eigenvalue weighted by molar-refractivity contribution is 0.102. The fraction of sp³-hybridized carbons (Fsp3) is 0.148. The monoisotopic (exact) mass is 494 g/mol. The van der Waals surface area contributed by atoms with Crippen LogP contribution in [0.2, 0.25) is 0 Å². The molecule has 2 N–H and O–H groups in total. The van der Waals surface area contributed by atoms with Crippen molar-refractivity contribution in [1.82, 2.24) is 29.8 Å². The van der Waals surface area contributed by atoms with Crippen molar-refractivity contribution < 1.29 is 9.18 Å². The molecule has 1 aliphatic rings. The molecule has 1 amide bonds. The van der Waals surface area contributed by atoms with Crippen molar-refractivity contribution in [2.24, 2.45) is 0 Å². The van der Waals surface area contributed by atoms with Crippen molar-refractivity contribution in [2.75, 3.05) is 36.4 Å². The number of pyridine rings is 3.